The molecule has 4 aromatic rings. The fourth-order valence-corrected chi connectivity index (χ4v) is 4.25. The third-order valence-corrected chi connectivity index (χ3v) is 6.46. The van der Waals surface area contributed by atoms with E-state index in [1.807, 2.05) is 12.1 Å². The van der Waals surface area contributed by atoms with Crippen LogP contribution in [-0.2, 0) is 4.79 Å². The van der Waals surface area contributed by atoms with Gasteiger partial charge in [0.2, 0.25) is 17.7 Å². The van der Waals surface area contributed by atoms with Crippen LogP contribution in [0.1, 0.15) is 0 Å². The lowest BCUT2D eigenvalue weighted by Crippen LogP contribution is -2.44. The van der Waals surface area contributed by atoms with E-state index in [1.165, 1.54) is 5.69 Å². The molecular formula is C25H25Cl2N7O2. The quantitative estimate of drug-likeness (QED) is 0.289. The number of piperazine rings is 1. The number of alkyl halides is 1. The summed E-state index contributed by atoms with van der Waals surface area (Å²) >= 11 is 11.9. The maximum Gasteiger partial charge on any atom is 0.239 e. The molecule has 0 unspecified atom stereocenters. The molecule has 36 heavy (non-hydrogen) atoms. The molecule has 11 heteroatoms. The molecular weight excluding hydrogens is 501 g/mol. The number of amides is 1. The Labute approximate surface area is 218 Å². The zero-order valence-electron chi connectivity index (χ0n) is 19.6. The predicted molar refractivity (Wildman–Crippen MR) is 144 cm³/mol. The molecule has 0 saturated carbocycles. The van der Waals surface area contributed by atoms with Crippen LogP contribution in [0.2, 0.25) is 5.02 Å². The number of nitrogens with zero attached hydrogens (tertiary/aromatic N) is 4. The van der Waals surface area contributed by atoms with E-state index in [4.69, 9.17) is 27.9 Å². The van der Waals surface area contributed by atoms with E-state index in [9.17, 15) is 4.79 Å². The number of anilines is 4. The average molecular weight is 526 g/mol. The van der Waals surface area contributed by atoms with Crippen molar-refractivity contribution in [2.24, 2.45) is 0 Å². The minimum atomic E-state index is -0.283. The Morgan fingerprint density at radius 2 is 1.72 bits per heavy atom. The van der Waals surface area contributed by atoms with E-state index in [0.29, 0.717) is 39.3 Å². The van der Waals surface area contributed by atoms with Crippen LogP contribution in [0.15, 0.2) is 54.7 Å². The summed E-state index contributed by atoms with van der Waals surface area (Å²) in [5, 5.41) is 6.97. The Morgan fingerprint density at radius 1 is 1.03 bits per heavy atom. The zero-order chi connectivity index (χ0) is 25.1. The number of hydrogen-bond donors (Lipinski definition) is 3. The Hall–Kier alpha value is -3.53. The van der Waals surface area contributed by atoms with E-state index in [2.05, 4.69) is 54.6 Å². The first kappa shape index (κ1) is 24.2. The number of rotatable bonds is 7. The maximum atomic E-state index is 11.5. The summed E-state index contributed by atoms with van der Waals surface area (Å²) in [6, 6.07) is 15.1. The highest BCUT2D eigenvalue weighted by atomic mass is 35.5. The Kier molecular flexibility index (Phi) is 7.13. The summed E-state index contributed by atoms with van der Waals surface area (Å²) in [6.45, 7) is 4.13. The zero-order valence-corrected chi connectivity index (χ0v) is 21.1. The highest BCUT2D eigenvalue weighted by Crippen LogP contribution is 2.34. The van der Waals surface area contributed by atoms with Crippen LogP contribution < -0.4 is 20.3 Å². The summed E-state index contributed by atoms with van der Waals surface area (Å²) in [7, 11) is 2.15. The maximum absolute atomic E-state index is 11.5. The summed E-state index contributed by atoms with van der Waals surface area (Å²) in [4.78, 5) is 28.4. The monoisotopic (exact) mass is 525 g/mol. The summed E-state index contributed by atoms with van der Waals surface area (Å²) in [5.41, 5.74) is 3.21. The number of benzene rings is 2. The van der Waals surface area contributed by atoms with E-state index in [-0.39, 0.29) is 11.8 Å². The molecule has 2 aromatic heterocycles. The van der Waals surface area contributed by atoms with Gasteiger partial charge in [0.25, 0.3) is 0 Å². The van der Waals surface area contributed by atoms with E-state index in [1.54, 1.807) is 30.5 Å². The second kappa shape index (κ2) is 10.6. The molecule has 0 atom stereocenters. The molecule has 0 aliphatic carbocycles. The number of nitrogens with one attached hydrogen (secondary N) is 3. The minimum Gasteiger partial charge on any atom is -0.438 e. The van der Waals surface area contributed by atoms with Crippen molar-refractivity contribution in [3.63, 3.8) is 0 Å². The normalized spacial score (nSPS) is 14.1. The standard InChI is InChI=1S/C25H25Cl2N7O2/c1-33-10-12-34(13-11-33)18-6-2-17(3-7-18)30-25-31-23-22(20(27)15-28-23)24(32-25)36-19-8-4-16(5-9-19)29-21(35)14-26/h2-9,15H,10-14H2,1H3,(H,29,35)(H2,28,30,31,32). The Bertz CT molecular complexity index is 1350. The predicted octanol–water partition coefficient (Wildman–Crippen LogP) is 5.08. The molecule has 0 radical (unpaired) electrons. The number of H-pyrrole nitrogens is 1. The Balaban J connectivity index is 1.34. The Morgan fingerprint density at radius 3 is 2.42 bits per heavy atom. The first-order valence-electron chi connectivity index (χ1n) is 11.5. The second-order valence-electron chi connectivity index (χ2n) is 8.48. The lowest BCUT2D eigenvalue weighted by Gasteiger charge is -2.34. The van der Waals surface area contributed by atoms with Crippen LogP contribution in [0.3, 0.4) is 0 Å². The van der Waals surface area contributed by atoms with Crippen LogP contribution in [0.4, 0.5) is 23.0 Å². The average Bonchev–Trinajstić information content (AvgIpc) is 3.27. The van der Waals surface area contributed by atoms with Gasteiger partial charge in [-0.05, 0) is 55.6 Å². The highest BCUT2D eigenvalue weighted by molar-refractivity contribution is 6.35. The van der Waals surface area contributed by atoms with Crippen molar-refractivity contribution >= 4 is 63.2 Å². The van der Waals surface area contributed by atoms with Crippen LogP contribution in [0.25, 0.3) is 11.0 Å². The smallest absolute Gasteiger partial charge is 0.239 e. The summed E-state index contributed by atoms with van der Waals surface area (Å²) < 4.78 is 6.06. The number of aromatic amines is 1. The molecule has 1 fully saturated rings. The fourth-order valence-electron chi connectivity index (χ4n) is 3.96. The minimum absolute atomic E-state index is 0.114. The lowest BCUT2D eigenvalue weighted by molar-refractivity contribution is -0.113. The summed E-state index contributed by atoms with van der Waals surface area (Å²) in [6.07, 6.45) is 1.65. The number of halogens is 2. The van der Waals surface area contributed by atoms with Gasteiger partial charge in [-0.15, -0.1) is 11.6 Å². The van der Waals surface area contributed by atoms with Gasteiger partial charge >= 0.3 is 0 Å². The molecule has 186 valence electrons. The first-order valence-corrected chi connectivity index (χ1v) is 12.4. The largest absolute Gasteiger partial charge is 0.438 e. The van der Waals surface area contributed by atoms with Crippen LogP contribution in [0, 0.1) is 0 Å². The second-order valence-corrected chi connectivity index (χ2v) is 9.16. The van der Waals surface area contributed by atoms with Gasteiger partial charge in [0.1, 0.15) is 22.7 Å². The third kappa shape index (κ3) is 5.48. The van der Waals surface area contributed by atoms with E-state index < -0.39 is 0 Å². The fraction of sp³-hybridized carbons (Fsp3) is 0.240. The van der Waals surface area contributed by atoms with Gasteiger partial charge in [-0.3, -0.25) is 4.79 Å². The van der Waals surface area contributed by atoms with Gasteiger partial charge in [-0.25, -0.2) is 0 Å². The molecule has 1 aliphatic heterocycles. The number of carbonyl (C=O) groups is 1. The number of carbonyl (C=O) groups excluding carboxylic acids is 1. The van der Waals surface area contributed by atoms with Crippen LogP contribution >= 0.6 is 23.2 Å². The number of hydrogen-bond acceptors (Lipinski definition) is 7. The van der Waals surface area contributed by atoms with Crippen molar-refractivity contribution in [1.82, 2.24) is 19.9 Å². The molecule has 5 rings (SSSR count). The number of aromatic nitrogens is 3. The van der Waals surface area contributed by atoms with Gasteiger partial charge in [0.15, 0.2) is 0 Å². The molecule has 3 heterocycles. The SMILES string of the molecule is CN1CCN(c2ccc(Nc3nc(Oc4ccc(NC(=O)CCl)cc4)c4c(Cl)c[nH]c4n3)cc2)CC1. The van der Waals surface area contributed by atoms with Crippen molar-refractivity contribution in [3.05, 3.63) is 59.8 Å². The topological polar surface area (TPSA) is 98.4 Å². The molecule has 9 nitrogen and oxygen atoms in total. The molecule has 0 spiro atoms. The first-order chi connectivity index (χ1) is 17.5. The highest BCUT2D eigenvalue weighted by Gasteiger charge is 2.17. The van der Waals surface area contributed by atoms with Crippen molar-refractivity contribution in [3.8, 4) is 11.6 Å². The lowest BCUT2D eigenvalue weighted by atomic mass is 10.2. The molecule has 0 bridgehead atoms. The molecule has 1 amide bonds. The van der Waals surface area contributed by atoms with Gasteiger partial charge in [-0.2, -0.15) is 9.97 Å². The van der Waals surface area contributed by atoms with Crippen molar-refractivity contribution < 1.29 is 9.53 Å². The van der Waals surface area contributed by atoms with Crippen molar-refractivity contribution in [1.29, 1.82) is 0 Å². The van der Waals surface area contributed by atoms with E-state index >= 15 is 0 Å². The van der Waals surface area contributed by atoms with Gasteiger partial charge < -0.3 is 30.2 Å². The van der Waals surface area contributed by atoms with Gasteiger partial charge in [0.05, 0.1) is 5.02 Å². The van der Waals surface area contributed by atoms with Crippen molar-refractivity contribution in [2.45, 2.75) is 0 Å². The van der Waals surface area contributed by atoms with Crippen molar-refractivity contribution in [2.75, 3.05) is 54.6 Å². The van der Waals surface area contributed by atoms with Gasteiger partial charge in [-0.1, -0.05) is 11.6 Å². The number of fused-ring (bicyclic) bond motifs is 1. The van der Waals surface area contributed by atoms with E-state index in [0.717, 1.165) is 31.9 Å². The van der Waals surface area contributed by atoms with Crippen LogP contribution in [0.5, 0.6) is 11.6 Å². The third-order valence-electron chi connectivity index (χ3n) is 5.92. The molecule has 2 aromatic carbocycles. The summed E-state index contributed by atoms with van der Waals surface area (Å²) in [5.74, 6) is 0.805. The van der Waals surface area contributed by atoms with Crippen LogP contribution in [-0.4, -0.2) is 64.9 Å². The number of ether oxygens (including phenoxy) is 1. The number of likely N-dealkylation sites (N-methyl/N-ethyl adjacent to an activating group) is 1. The molecule has 1 aliphatic rings. The van der Waals surface area contributed by atoms with Gasteiger partial charge in [0, 0.05) is 49.4 Å². The molecule has 3 N–H and O–H groups in total. The molecule has 1 saturated heterocycles.